The van der Waals surface area contributed by atoms with Crippen LogP contribution in [0.5, 0.6) is 0 Å². The number of carbonyl (C=O) groups is 1. The smallest absolute Gasteiger partial charge is 0.228 e. The third-order valence-corrected chi connectivity index (χ3v) is 3.99. The molecule has 0 spiro atoms. The van der Waals surface area contributed by atoms with E-state index in [1.807, 2.05) is 44.4 Å². The summed E-state index contributed by atoms with van der Waals surface area (Å²) in [6.45, 7) is 4.06. The number of fused-ring (bicyclic) bond motifs is 1. The summed E-state index contributed by atoms with van der Waals surface area (Å²) in [5.41, 5.74) is 5.38. The number of nitrogens with zero attached hydrogens (tertiary/aromatic N) is 1. The summed E-state index contributed by atoms with van der Waals surface area (Å²) < 4.78 is 2.06. The van der Waals surface area contributed by atoms with Crippen LogP contribution in [0.15, 0.2) is 48.7 Å². The van der Waals surface area contributed by atoms with Gasteiger partial charge >= 0.3 is 0 Å². The summed E-state index contributed by atoms with van der Waals surface area (Å²) in [5.74, 6) is 0.0170. The molecule has 1 amide bonds. The van der Waals surface area contributed by atoms with Crippen LogP contribution in [0.1, 0.15) is 16.7 Å². The molecule has 0 unspecified atom stereocenters. The van der Waals surface area contributed by atoms with Crippen molar-refractivity contribution in [2.24, 2.45) is 7.05 Å². The Morgan fingerprint density at radius 2 is 1.91 bits per heavy atom. The number of carbonyl (C=O) groups excluding carboxylic acids is 1. The molecule has 0 fully saturated rings. The minimum absolute atomic E-state index is 0.0170. The molecule has 0 saturated carbocycles. The van der Waals surface area contributed by atoms with Gasteiger partial charge in [0.25, 0.3) is 0 Å². The molecule has 0 radical (unpaired) electrons. The van der Waals surface area contributed by atoms with Crippen LogP contribution >= 0.6 is 0 Å². The van der Waals surface area contributed by atoms with Crippen LogP contribution in [0.3, 0.4) is 0 Å². The first-order valence-corrected chi connectivity index (χ1v) is 7.44. The molecule has 1 heterocycles. The van der Waals surface area contributed by atoms with Crippen molar-refractivity contribution < 1.29 is 4.79 Å². The van der Waals surface area contributed by atoms with Gasteiger partial charge in [-0.2, -0.15) is 0 Å². The van der Waals surface area contributed by atoms with E-state index in [1.54, 1.807) is 0 Å². The average Bonchev–Trinajstić information content (AvgIpc) is 2.79. The zero-order chi connectivity index (χ0) is 15.7. The topological polar surface area (TPSA) is 34.0 Å². The van der Waals surface area contributed by atoms with Gasteiger partial charge in [0.2, 0.25) is 5.91 Å². The van der Waals surface area contributed by atoms with Gasteiger partial charge in [-0.1, -0.05) is 35.9 Å². The van der Waals surface area contributed by atoms with Crippen molar-refractivity contribution in [3.05, 3.63) is 65.4 Å². The Morgan fingerprint density at radius 3 is 2.68 bits per heavy atom. The number of hydrogen-bond donors (Lipinski definition) is 1. The van der Waals surface area contributed by atoms with E-state index in [4.69, 9.17) is 0 Å². The zero-order valence-electron chi connectivity index (χ0n) is 13.2. The van der Waals surface area contributed by atoms with Crippen LogP contribution in [0, 0.1) is 13.8 Å². The van der Waals surface area contributed by atoms with Crippen LogP contribution in [0.4, 0.5) is 5.69 Å². The van der Waals surface area contributed by atoms with Crippen molar-refractivity contribution in [3.8, 4) is 0 Å². The minimum Gasteiger partial charge on any atom is -0.350 e. The van der Waals surface area contributed by atoms with Crippen molar-refractivity contribution in [1.82, 2.24) is 4.57 Å². The number of rotatable bonds is 3. The number of para-hydroxylation sites is 1. The third kappa shape index (κ3) is 2.75. The second-order valence-electron chi connectivity index (χ2n) is 5.83. The highest BCUT2D eigenvalue weighted by Crippen LogP contribution is 2.22. The number of anilines is 1. The van der Waals surface area contributed by atoms with Gasteiger partial charge < -0.3 is 9.88 Å². The molecule has 0 saturated heterocycles. The quantitative estimate of drug-likeness (QED) is 0.778. The lowest BCUT2D eigenvalue weighted by molar-refractivity contribution is -0.115. The Bertz CT molecular complexity index is 846. The fraction of sp³-hybridized carbons (Fsp3) is 0.211. The van der Waals surface area contributed by atoms with E-state index in [1.165, 1.54) is 5.56 Å². The summed E-state index contributed by atoms with van der Waals surface area (Å²) in [4.78, 5) is 12.4. The lowest BCUT2D eigenvalue weighted by Gasteiger charge is -2.09. The Hall–Kier alpha value is -2.55. The number of nitrogens with one attached hydrogen (secondary N) is 1. The molecule has 0 aliphatic rings. The first-order chi connectivity index (χ1) is 10.5. The van der Waals surface area contributed by atoms with E-state index < -0.39 is 0 Å². The van der Waals surface area contributed by atoms with Crippen LogP contribution in [-0.2, 0) is 18.3 Å². The second-order valence-corrected chi connectivity index (χ2v) is 5.83. The summed E-state index contributed by atoms with van der Waals surface area (Å²) in [5, 5.41) is 4.15. The maximum absolute atomic E-state index is 12.4. The van der Waals surface area contributed by atoms with Gasteiger partial charge in [-0.25, -0.2) is 0 Å². The molecule has 22 heavy (non-hydrogen) atoms. The van der Waals surface area contributed by atoms with Gasteiger partial charge in [0.1, 0.15) is 0 Å². The monoisotopic (exact) mass is 292 g/mol. The molecule has 3 nitrogen and oxygen atoms in total. The maximum atomic E-state index is 12.4. The predicted octanol–water partition coefficient (Wildman–Crippen LogP) is 3.98. The fourth-order valence-corrected chi connectivity index (χ4v) is 2.89. The fourth-order valence-electron chi connectivity index (χ4n) is 2.89. The number of amides is 1. The van der Waals surface area contributed by atoms with Gasteiger partial charge in [-0.15, -0.1) is 0 Å². The predicted molar refractivity (Wildman–Crippen MR) is 91.2 cm³/mol. The van der Waals surface area contributed by atoms with Crippen LogP contribution in [0.25, 0.3) is 10.9 Å². The maximum Gasteiger partial charge on any atom is 0.228 e. The molecule has 1 aromatic heterocycles. The molecule has 2 aromatic carbocycles. The Kier molecular flexibility index (Phi) is 3.72. The van der Waals surface area contributed by atoms with Gasteiger partial charge in [-0.05, 0) is 37.1 Å². The third-order valence-electron chi connectivity index (χ3n) is 3.99. The lowest BCUT2D eigenvalue weighted by atomic mass is 10.1. The molecule has 3 rings (SSSR count). The molecular weight excluding hydrogens is 272 g/mol. The summed E-state index contributed by atoms with van der Waals surface area (Å²) in [6, 6.07) is 14.2. The molecule has 3 aromatic rings. The first-order valence-electron chi connectivity index (χ1n) is 7.44. The van der Waals surface area contributed by atoms with Crippen molar-refractivity contribution in [2.45, 2.75) is 20.3 Å². The highest BCUT2D eigenvalue weighted by molar-refractivity contribution is 5.96. The highest BCUT2D eigenvalue weighted by Gasteiger charge is 2.11. The molecule has 0 bridgehead atoms. The van der Waals surface area contributed by atoms with Crippen LogP contribution in [-0.4, -0.2) is 10.5 Å². The van der Waals surface area contributed by atoms with Crippen molar-refractivity contribution in [2.75, 3.05) is 5.32 Å². The Morgan fingerprint density at radius 1 is 1.14 bits per heavy atom. The van der Waals surface area contributed by atoms with Crippen LogP contribution < -0.4 is 5.32 Å². The molecule has 112 valence electrons. The molecular formula is C19H20N2O. The molecule has 1 N–H and O–H groups in total. The van der Waals surface area contributed by atoms with E-state index >= 15 is 0 Å². The van der Waals surface area contributed by atoms with E-state index in [0.29, 0.717) is 6.42 Å². The standard InChI is InChI=1S/C19H20N2O/c1-13-8-9-17(14(2)10-13)20-19(22)11-15-12-21(3)18-7-5-4-6-16(15)18/h4-10,12H,11H2,1-3H3,(H,20,22). The van der Waals surface area contributed by atoms with Crippen LogP contribution in [0.2, 0.25) is 0 Å². The van der Waals surface area contributed by atoms with Crippen molar-refractivity contribution in [1.29, 1.82) is 0 Å². The SMILES string of the molecule is Cc1ccc(NC(=O)Cc2cn(C)c3ccccc23)c(C)c1. The normalized spacial score (nSPS) is 10.9. The lowest BCUT2D eigenvalue weighted by Crippen LogP contribution is -2.15. The molecule has 0 aliphatic heterocycles. The van der Waals surface area contributed by atoms with Crippen molar-refractivity contribution >= 4 is 22.5 Å². The Labute approximate surface area is 130 Å². The zero-order valence-corrected chi connectivity index (χ0v) is 13.2. The Balaban J connectivity index is 1.81. The van der Waals surface area contributed by atoms with Gasteiger partial charge in [0.05, 0.1) is 6.42 Å². The van der Waals surface area contributed by atoms with E-state index in [0.717, 1.165) is 27.7 Å². The number of aryl methyl sites for hydroxylation is 3. The molecule has 0 atom stereocenters. The van der Waals surface area contributed by atoms with E-state index in [2.05, 4.69) is 35.0 Å². The summed E-state index contributed by atoms with van der Waals surface area (Å²) >= 11 is 0. The molecule has 0 aliphatic carbocycles. The summed E-state index contributed by atoms with van der Waals surface area (Å²) in [7, 11) is 2.01. The largest absolute Gasteiger partial charge is 0.350 e. The summed E-state index contributed by atoms with van der Waals surface area (Å²) in [6.07, 6.45) is 2.42. The second kappa shape index (κ2) is 5.68. The highest BCUT2D eigenvalue weighted by atomic mass is 16.1. The van der Waals surface area contributed by atoms with Crippen molar-refractivity contribution in [3.63, 3.8) is 0 Å². The minimum atomic E-state index is 0.0170. The number of benzene rings is 2. The van der Waals surface area contributed by atoms with E-state index in [9.17, 15) is 4.79 Å². The van der Waals surface area contributed by atoms with Gasteiger partial charge in [0.15, 0.2) is 0 Å². The van der Waals surface area contributed by atoms with E-state index in [-0.39, 0.29) is 5.91 Å². The number of aromatic nitrogens is 1. The molecule has 3 heteroatoms. The van der Waals surface area contributed by atoms with Gasteiger partial charge in [-0.3, -0.25) is 4.79 Å². The number of hydrogen-bond acceptors (Lipinski definition) is 1. The average molecular weight is 292 g/mol. The first kappa shape index (κ1) is 14.4. The van der Waals surface area contributed by atoms with Gasteiger partial charge in [0, 0.05) is 29.8 Å².